The Morgan fingerprint density at radius 2 is 2.21 bits per heavy atom. The molecule has 1 aromatic heterocycles. The molecule has 0 spiro atoms. The molecule has 0 bridgehead atoms. The van der Waals surface area contributed by atoms with Gasteiger partial charge in [0, 0.05) is 19.2 Å². The van der Waals surface area contributed by atoms with Gasteiger partial charge in [-0.05, 0) is 24.3 Å². The Hall–Kier alpha value is -1.47. The summed E-state index contributed by atoms with van der Waals surface area (Å²) < 4.78 is 0. The lowest BCUT2D eigenvalue weighted by atomic mass is 9.88. The van der Waals surface area contributed by atoms with Crippen LogP contribution >= 0.6 is 11.3 Å². The van der Waals surface area contributed by atoms with Crippen LogP contribution in [0.3, 0.4) is 0 Å². The van der Waals surface area contributed by atoms with E-state index in [1.54, 1.807) is 0 Å². The molecule has 0 saturated heterocycles. The molecule has 0 aromatic carbocycles. The van der Waals surface area contributed by atoms with Gasteiger partial charge in [0.15, 0.2) is 0 Å². The van der Waals surface area contributed by atoms with Crippen molar-refractivity contribution in [2.45, 2.75) is 26.7 Å². The van der Waals surface area contributed by atoms with Gasteiger partial charge in [0.25, 0.3) is 5.91 Å². The van der Waals surface area contributed by atoms with E-state index in [0.29, 0.717) is 17.8 Å². The van der Waals surface area contributed by atoms with E-state index in [1.165, 1.54) is 12.1 Å². The van der Waals surface area contributed by atoms with E-state index in [9.17, 15) is 14.9 Å². The van der Waals surface area contributed by atoms with Crippen molar-refractivity contribution < 1.29 is 14.8 Å². The van der Waals surface area contributed by atoms with Crippen LogP contribution in [0.15, 0.2) is 12.1 Å². The summed E-state index contributed by atoms with van der Waals surface area (Å²) in [6.45, 7) is 4.60. The largest absolute Gasteiger partial charge is 0.396 e. The van der Waals surface area contributed by atoms with Crippen molar-refractivity contribution in [3.8, 4) is 0 Å². The average Bonchev–Trinajstić information content (AvgIpc) is 2.83. The highest BCUT2D eigenvalue weighted by Gasteiger charge is 2.20. The first-order valence-electron chi connectivity index (χ1n) is 5.99. The normalized spacial score (nSPS) is 11.3. The molecule has 2 N–H and O–H groups in total. The molecule has 0 aliphatic rings. The van der Waals surface area contributed by atoms with Crippen LogP contribution in [0.1, 0.15) is 36.4 Å². The number of nitrogens with one attached hydrogen (secondary N) is 1. The molecule has 1 rings (SSSR count). The fraction of sp³-hybridized carbons (Fsp3) is 0.583. The summed E-state index contributed by atoms with van der Waals surface area (Å²) in [6.07, 6.45) is 1.49. The van der Waals surface area contributed by atoms with Crippen molar-refractivity contribution >= 4 is 22.2 Å². The monoisotopic (exact) mass is 286 g/mol. The Labute approximate surface area is 115 Å². The topological polar surface area (TPSA) is 92.5 Å². The third-order valence-electron chi connectivity index (χ3n) is 2.73. The van der Waals surface area contributed by atoms with Crippen LogP contribution in [0.4, 0.5) is 5.00 Å². The molecule has 19 heavy (non-hydrogen) atoms. The number of aliphatic hydroxyl groups excluding tert-OH is 1. The number of nitrogens with zero attached hydrogens (tertiary/aromatic N) is 1. The predicted molar refractivity (Wildman–Crippen MR) is 73.4 cm³/mol. The van der Waals surface area contributed by atoms with E-state index in [2.05, 4.69) is 5.32 Å². The van der Waals surface area contributed by atoms with Gasteiger partial charge in [0.2, 0.25) is 0 Å². The van der Waals surface area contributed by atoms with E-state index < -0.39 is 4.92 Å². The maximum Gasteiger partial charge on any atom is 0.324 e. The zero-order valence-corrected chi connectivity index (χ0v) is 11.8. The number of hydrogen-bond acceptors (Lipinski definition) is 5. The minimum Gasteiger partial charge on any atom is -0.396 e. The zero-order valence-electron chi connectivity index (χ0n) is 11.0. The molecule has 0 fully saturated rings. The molecule has 0 aliphatic carbocycles. The van der Waals surface area contributed by atoms with E-state index >= 15 is 0 Å². The molecule has 1 amide bonds. The van der Waals surface area contributed by atoms with Crippen molar-refractivity contribution in [2.24, 2.45) is 5.41 Å². The van der Waals surface area contributed by atoms with Gasteiger partial charge in [0.1, 0.15) is 0 Å². The summed E-state index contributed by atoms with van der Waals surface area (Å²) in [7, 11) is 0. The molecule has 0 unspecified atom stereocenters. The minimum absolute atomic E-state index is 0.0373. The van der Waals surface area contributed by atoms with Crippen LogP contribution in [0, 0.1) is 15.5 Å². The van der Waals surface area contributed by atoms with Crippen LogP contribution in [-0.4, -0.2) is 29.1 Å². The fourth-order valence-electron chi connectivity index (χ4n) is 1.60. The van der Waals surface area contributed by atoms with E-state index in [4.69, 9.17) is 5.11 Å². The molecule has 7 heteroatoms. The van der Waals surface area contributed by atoms with Gasteiger partial charge < -0.3 is 10.4 Å². The molecule has 106 valence electrons. The third-order valence-corrected chi connectivity index (χ3v) is 3.77. The van der Waals surface area contributed by atoms with Crippen LogP contribution in [0.25, 0.3) is 0 Å². The van der Waals surface area contributed by atoms with E-state index in [0.717, 1.165) is 17.8 Å². The standard InChI is InChI=1S/C12H18N2O4S/c1-12(2,6-3-7-15)8-13-11(16)9-4-5-10(19-9)14(17)18/h4-5,15H,3,6-8H2,1-2H3,(H,13,16). The fourth-order valence-corrected chi connectivity index (χ4v) is 2.34. The second kappa shape index (κ2) is 6.63. The number of aliphatic hydroxyl groups is 1. The molecular formula is C12H18N2O4S. The SMILES string of the molecule is CC(C)(CCCO)CNC(=O)c1ccc([N+](=O)[O-])s1. The van der Waals surface area contributed by atoms with Gasteiger partial charge in [-0.15, -0.1) is 0 Å². The third kappa shape index (κ3) is 4.96. The average molecular weight is 286 g/mol. The Bertz CT molecular complexity index is 456. The van der Waals surface area contributed by atoms with Crippen LogP contribution < -0.4 is 5.32 Å². The molecule has 0 aliphatic heterocycles. The van der Waals surface area contributed by atoms with Crippen LogP contribution in [-0.2, 0) is 0 Å². The summed E-state index contributed by atoms with van der Waals surface area (Å²) in [5.41, 5.74) is -0.110. The molecule has 1 heterocycles. The van der Waals surface area contributed by atoms with E-state index in [1.807, 2.05) is 13.8 Å². The summed E-state index contributed by atoms with van der Waals surface area (Å²) >= 11 is 0.866. The zero-order chi connectivity index (χ0) is 14.5. The minimum atomic E-state index is -0.507. The highest BCUT2D eigenvalue weighted by atomic mass is 32.1. The molecular weight excluding hydrogens is 268 g/mol. The second-order valence-electron chi connectivity index (χ2n) is 5.07. The Balaban J connectivity index is 2.52. The number of amides is 1. The van der Waals surface area contributed by atoms with Crippen LogP contribution in [0.5, 0.6) is 0 Å². The lowest BCUT2D eigenvalue weighted by molar-refractivity contribution is -0.380. The summed E-state index contributed by atoms with van der Waals surface area (Å²) in [6, 6.07) is 2.79. The second-order valence-corrected chi connectivity index (χ2v) is 6.13. The maximum absolute atomic E-state index is 11.8. The first-order valence-corrected chi connectivity index (χ1v) is 6.81. The van der Waals surface area contributed by atoms with E-state index in [-0.39, 0.29) is 22.9 Å². The summed E-state index contributed by atoms with van der Waals surface area (Å²) in [4.78, 5) is 22.2. The smallest absolute Gasteiger partial charge is 0.324 e. The van der Waals surface area contributed by atoms with Crippen molar-refractivity contribution in [1.82, 2.24) is 5.32 Å². The Morgan fingerprint density at radius 3 is 2.74 bits per heavy atom. The molecule has 1 aromatic rings. The Morgan fingerprint density at radius 1 is 1.53 bits per heavy atom. The Kier molecular flexibility index (Phi) is 5.44. The summed E-state index contributed by atoms with van der Waals surface area (Å²) in [5.74, 6) is -0.296. The number of thiophene rings is 1. The molecule has 6 nitrogen and oxygen atoms in total. The van der Waals surface area contributed by atoms with Crippen LogP contribution in [0.2, 0.25) is 0 Å². The van der Waals surface area contributed by atoms with Gasteiger partial charge in [-0.2, -0.15) is 0 Å². The van der Waals surface area contributed by atoms with Gasteiger partial charge in [-0.1, -0.05) is 25.2 Å². The van der Waals surface area contributed by atoms with Crippen molar-refractivity contribution in [2.75, 3.05) is 13.2 Å². The highest BCUT2D eigenvalue weighted by Crippen LogP contribution is 2.25. The maximum atomic E-state index is 11.8. The predicted octanol–water partition coefficient (Wildman–Crippen LogP) is 2.18. The lowest BCUT2D eigenvalue weighted by Crippen LogP contribution is -2.33. The van der Waals surface area contributed by atoms with Gasteiger partial charge in [-0.25, -0.2) is 0 Å². The van der Waals surface area contributed by atoms with Gasteiger partial charge in [-0.3, -0.25) is 14.9 Å². The summed E-state index contributed by atoms with van der Waals surface area (Å²) in [5, 5.41) is 22.1. The van der Waals surface area contributed by atoms with Crippen molar-refractivity contribution in [3.05, 3.63) is 27.1 Å². The first-order chi connectivity index (χ1) is 8.85. The quantitative estimate of drug-likeness (QED) is 0.593. The molecule has 0 radical (unpaired) electrons. The molecule has 0 atom stereocenters. The van der Waals surface area contributed by atoms with Gasteiger partial charge in [0.05, 0.1) is 9.80 Å². The van der Waals surface area contributed by atoms with Crippen molar-refractivity contribution in [3.63, 3.8) is 0 Å². The lowest BCUT2D eigenvalue weighted by Gasteiger charge is -2.24. The first kappa shape index (κ1) is 15.6. The van der Waals surface area contributed by atoms with Gasteiger partial charge >= 0.3 is 5.00 Å². The highest BCUT2D eigenvalue weighted by molar-refractivity contribution is 7.17. The number of carbonyl (C=O) groups excluding carboxylic acids is 1. The number of hydrogen-bond donors (Lipinski definition) is 2. The number of nitro groups is 1. The van der Waals surface area contributed by atoms with Crippen molar-refractivity contribution in [1.29, 1.82) is 0 Å². The number of carbonyl (C=O) groups is 1. The number of rotatable bonds is 7. The molecule has 0 saturated carbocycles.